The van der Waals surface area contributed by atoms with Crippen LogP contribution in [0.15, 0.2) is 58.8 Å². The van der Waals surface area contributed by atoms with Gasteiger partial charge in [-0.1, -0.05) is 12.1 Å². The minimum atomic E-state index is -0.583. The predicted molar refractivity (Wildman–Crippen MR) is 117 cm³/mol. The number of para-hydroxylation sites is 1. The van der Waals surface area contributed by atoms with Gasteiger partial charge in [0.1, 0.15) is 6.33 Å². The van der Waals surface area contributed by atoms with Crippen LogP contribution in [0.3, 0.4) is 0 Å². The van der Waals surface area contributed by atoms with Gasteiger partial charge in [-0.15, -0.1) is 10.2 Å². The second-order valence-corrected chi connectivity index (χ2v) is 7.52. The van der Waals surface area contributed by atoms with Crippen molar-refractivity contribution in [2.75, 3.05) is 25.6 Å². The smallest absolute Gasteiger partial charge is 0.284 e. The van der Waals surface area contributed by atoms with E-state index in [0.717, 1.165) is 11.8 Å². The Morgan fingerprint density at radius 1 is 1.22 bits per heavy atom. The maximum Gasteiger partial charge on any atom is 0.284 e. The van der Waals surface area contributed by atoms with Gasteiger partial charge in [-0.05, 0) is 36.0 Å². The van der Waals surface area contributed by atoms with Crippen molar-refractivity contribution in [1.29, 1.82) is 0 Å². The first-order valence-electron chi connectivity index (χ1n) is 9.38. The molecule has 0 atom stereocenters. The van der Waals surface area contributed by atoms with E-state index >= 15 is 0 Å². The third-order valence-corrected chi connectivity index (χ3v) is 5.42. The minimum Gasteiger partial charge on any atom is -0.383 e. The molecule has 0 saturated heterocycles. The first kappa shape index (κ1) is 22.9. The van der Waals surface area contributed by atoms with E-state index in [9.17, 15) is 19.7 Å². The fraction of sp³-hybridized carbons (Fsp3) is 0.200. The Labute approximate surface area is 187 Å². The van der Waals surface area contributed by atoms with Gasteiger partial charge >= 0.3 is 0 Å². The molecule has 0 bridgehead atoms. The molecular formula is C20H20N6O5S. The first-order chi connectivity index (χ1) is 15.4. The number of nitrogens with one attached hydrogen (secondary N) is 2. The van der Waals surface area contributed by atoms with Crippen LogP contribution in [0.1, 0.15) is 20.7 Å². The lowest BCUT2D eigenvalue weighted by Crippen LogP contribution is -2.28. The predicted octanol–water partition coefficient (Wildman–Crippen LogP) is 2.50. The highest BCUT2D eigenvalue weighted by molar-refractivity contribution is 7.99. The highest BCUT2D eigenvalue weighted by Gasteiger charge is 2.21. The number of hydrogen-bond acceptors (Lipinski definition) is 8. The molecule has 2 amide bonds. The summed E-state index contributed by atoms with van der Waals surface area (Å²) < 4.78 is 6.54. The van der Waals surface area contributed by atoms with Crippen molar-refractivity contribution in [3.8, 4) is 0 Å². The van der Waals surface area contributed by atoms with Gasteiger partial charge in [0, 0.05) is 32.3 Å². The summed E-state index contributed by atoms with van der Waals surface area (Å²) in [5.41, 5.74) is 0.387. The van der Waals surface area contributed by atoms with Crippen molar-refractivity contribution in [2.24, 2.45) is 7.05 Å². The van der Waals surface area contributed by atoms with Crippen molar-refractivity contribution in [3.63, 3.8) is 0 Å². The van der Waals surface area contributed by atoms with Crippen molar-refractivity contribution in [1.82, 2.24) is 20.1 Å². The summed E-state index contributed by atoms with van der Waals surface area (Å²) in [4.78, 5) is 36.5. The number of aromatic nitrogens is 3. The summed E-state index contributed by atoms with van der Waals surface area (Å²) in [6.07, 6.45) is 1.48. The Morgan fingerprint density at radius 3 is 2.69 bits per heavy atom. The Bertz CT molecular complexity index is 1150. The number of hydrogen-bond donors (Lipinski definition) is 2. The summed E-state index contributed by atoms with van der Waals surface area (Å²) in [6.45, 7) is 0.664. The fourth-order valence-electron chi connectivity index (χ4n) is 2.70. The Balaban J connectivity index is 1.81. The van der Waals surface area contributed by atoms with Crippen LogP contribution in [0.2, 0.25) is 0 Å². The van der Waals surface area contributed by atoms with Crippen LogP contribution in [-0.4, -0.2) is 51.8 Å². The quantitative estimate of drug-likeness (QED) is 0.284. The minimum absolute atomic E-state index is 0.0774. The number of amides is 2. The van der Waals surface area contributed by atoms with Crippen LogP contribution in [0.5, 0.6) is 0 Å². The second kappa shape index (κ2) is 10.5. The number of carbonyl (C=O) groups excluding carboxylic acids is 2. The molecule has 0 radical (unpaired) electrons. The van der Waals surface area contributed by atoms with Crippen LogP contribution in [0.4, 0.5) is 11.4 Å². The van der Waals surface area contributed by atoms with E-state index in [0.29, 0.717) is 23.2 Å². The van der Waals surface area contributed by atoms with Gasteiger partial charge in [-0.3, -0.25) is 19.7 Å². The summed E-state index contributed by atoms with van der Waals surface area (Å²) in [6, 6.07) is 10.6. The number of rotatable bonds is 9. The fourth-order valence-corrected chi connectivity index (χ4v) is 3.55. The van der Waals surface area contributed by atoms with Gasteiger partial charge in [0.2, 0.25) is 0 Å². The maximum atomic E-state index is 12.8. The summed E-state index contributed by atoms with van der Waals surface area (Å²) in [5, 5.41) is 25.1. The molecule has 32 heavy (non-hydrogen) atoms. The normalized spacial score (nSPS) is 10.6. The largest absolute Gasteiger partial charge is 0.383 e. The van der Waals surface area contributed by atoms with E-state index in [4.69, 9.17) is 4.74 Å². The highest BCUT2D eigenvalue weighted by atomic mass is 32.2. The lowest BCUT2D eigenvalue weighted by molar-refractivity contribution is -0.387. The zero-order chi connectivity index (χ0) is 23.1. The monoisotopic (exact) mass is 456 g/mol. The topological polar surface area (TPSA) is 141 Å². The van der Waals surface area contributed by atoms with Gasteiger partial charge < -0.3 is 19.9 Å². The Hall–Kier alpha value is -3.77. The second-order valence-electron chi connectivity index (χ2n) is 6.51. The summed E-state index contributed by atoms with van der Waals surface area (Å²) >= 11 is 1.07. The molecule has 166 valence electrons. The Kier molecular flexibility index (Phi) is 7.52. The molecule has 0 saturated carbocycles. The van der Waals surface area contributed by atoms with E-state index in [1.54, 1.807) is 35.9 Å². The van der Waals surface area contributed by atoms with Gasteiger partial charge in [0.25, 0.3) is 17.5 Å². The van der Waals surface area contributed by atoms with Crippen molar-refractivity contribution >= 4 is 35.0 Å². The van der Waals surface area contributed by atoms with E-state index in [2.05, 4.69) is 20.8 Å². The van der Waals surface area contributed by atoms with E-state index in [-0.39, 0.29) is 28.4 Å². The number of nitrogens with zero attached hydrogens (tertiary/aromatic N) is 4. The van der Waals surface area contributed by atoms with Crippen LogP contribution < -0.4 is 10.6 Å². The van der Waals surface area contributed by atoms with Gasteiger partial charge in [-0.25, -0.2) is 0 Å². The zero-order valence-corrected chi connectivity index (χ0v) is 18.1. The Morgan fingerprint density at radius 2 is 2.00 bits per heavy atom. The van der Waals surface area contributed by atoms with E-state index < -0.39 is 10.8 Å². The third-order valence-electron chi connectivity index (χ3n) is 4.30. The first-order valence-corrected chi connectivity index (χ1v) is 10.2. The number of aryl methyl sites for hydroxylation is 1. The molecular weight excluding hydrogens is 436 g/mol. The van der Waals surface area contributed by atoms with Gasteiger partial charge in [-0.2, -0.15) is 0 Å². The van der Waals surface area contributed by atoms with Crippen LogP contribution in [0, 0.1) is 10.1 Å². The van der Waals surface area contributed by atoms with Gasteiger partial charge in [0.05, 0.1) is 27.7 Å². The van der Waals surface area contributed by atoms with E-state index in [1.807, 2.05) is 0 Å². The molecule has 0 fully saturated rings. The van der Waals surface area contributed by atoms with Crippen molar-refractivity contribution in [3.05, 3.63) is 70.0 Å². The molecule has 0 spiro atoms. The molecule has 3 rings (SSSR count). The molecule has 1 aromatic heterocycles. The number of anilines is 1. The molecule has 0 unspecified atom stereocenters. The molecule has 3 aromatic rings. The molecule has 0 aliphatic rings. The van der Waals surface area contributed by atoms with Crippen molar-refractivity contribution in [2.45, 2.75) is 10.1 Å². The van der Waals surface area contributed by atoms with Crippen LogP contribution in [0.25, 0.3) is 0 Å². The van der Waals surface area contributed by atoms with E-state index in [1.165, 1.54) is 31.6 Å². The summed E-state index contributed by atoms with van der Waals surface area (Å²) in [7, 11) is 3.25. The summed E-state index contributed by atoms with van der Waals surface area (Å²) in [5.74, 6) is -0.959. The molecule has 0 aliphatic carbocycles. The molecule has 1 heterocycles. The lowest BCUT2D eigenvalue weighted by Gasteiger charge is -2.12. The molecule has 12 heteroatoms. The molecule has 2 aromatic carbocycles. The SMILES string of the molecule is COCCNC(=O)c1ccccc1NC(=O)c1ccc(Sc2nncn2C)c([N+](=O)[O-])c1. The third kappa shape index (κ3) is 5.47. The number of carbonyl (C=O) groups is 2. The standard InChI is InChI=1S/C20H20N6O5S/c1-25-12-22-24-20(25)32-17-8-7-13(11-16(17)26(29)30)18(27)23-15-6-4-3-5-14(15)19(28)21-9-10-31-2/h3-8,11-12H,9-10H2,1-2H3,(H,21,28)(H,23,27). The van der Waals surface area contributed by atoms with Crippen molar-refractivity contribution < 1.29 is 19.2 Å². The molecule has 0 aliphatic heterocycles. The highest BCUT2D eigenvalue weighted by Crippen LogP contribution is 2.34. The lowest BCUT2D eigenvalue weighted by atomic mass is 10.1. The van der Waals surface area contributed by atoms with Gasteiger partial charge in [0.15, 0.2) is 5.16 Å². The zero-order valence-electron chi connectivity index (χ0n) is 17.3. The average molecular weight is 456 g/mol. The molecule has 11 nitrogen and oxygen atoms in total. The number of nitro groups is 1. The number of nitro benzene ring substituents is 1. The van der Waals surface area contributed by atoms with Crippen LogP contribution >= 0.6 is 11.8 Å². The van der Waals surface area contributed by atoms with Crippen LogP contribution in [-0.2, 0) is 11.8 Å². The number of ether oxygens (including phenoxy) is 1. The maximum absolute atomic E-state index is 12.8. The molecule has 2 N–H and O–H groups in total. The average Bonchev–Trinajstić information content (AvgIpc) is 3.18. The number of methoxy groups -OCH3 is 1. The number of benzene rings is 2.